The number of fused-ring (bicyclic) bond motifs is 5. The van der Waals surface area contributed by atoms with Gasteiger partial charge >= 0.3 is 12.5 Å². The normalized spacial score (nSPS) is 33.2. The zero-order valence-corrected chi connectivity index (χ0v) is 23.1. The Kier molecular flexibility index (Phi) is 8.01. The molecule has 6 atom stereocenters. The van der Waals surface area contributed by atoms with Crippen molar-refractivity contribution in [2.75, 3.05) is 11.9 Å². The summed E-state index contributed by atoms with van der Waals surface area (Å²) in [6.07, 6.45) is -4.74. The molecule has 1 aromatic carbocycles. The van der Waals surface area contributed by atoms with Crippen LogP contribution in [0.3, 0.4) is 0 Å². The topological polar surface area (TPSA) is 67.4 Å². The van der Waals surface area contributed by atoms with E-state index in [-0.39, 0.29) is 23.0 Å². The summed E-state index contributed by atoms with van der Waals surface area (Å²) in [5.41, 5.74) is -1.90. The smallest absolute Gasteiger partial charge is 0.403 e. The summed E-state index contributed by atoms with van der Waals surface area (Å²) in [6, 6.07) is 2.42. The van der Waals surface area contributed by atoms with Gasteiger partial charge in [0.05, 0.1) is 5.69 Å². The number of ketones is 1. The maximum atomic E-state index is 13.5. The van der Waals surface area contributed by atoms with Gasteiger partial charge in [-0.25, -0.2) is 0 Å². The number of benzene rings is 1. The van der Waals surface area contributed by atoms with Gasteiger partial charge in [0, 0.05) is 36.1 Å². The second-order valence-corrected chi connectivity index (χ2v) is 11.6. The molecule has 0 bridgehead atoms. The van der Waals surface area contributed by atoms with Gasteiger partial charge in [0.1, 0.15) is 5.56 Å². The highest BCUT2D eigenvalue weighted by Crippen LogP contribution is 2.64. The van der Waals surface area contributed by atoms with Crippen molar-refractivity contribution in [3.05, 3.63) is 35.5 Å². The Morgan fingerprint density at radius 1 is 1.02 bits per heavy atom. The summed E-state index contributed by atoms with van der Waals surface area (Å²) in [4.78, 5) is 25.5. The third kappa shape index (κ3) is 5.32. The minimum absolute atomic E-state index is 0.116. The van der Waals surface area contributed by atoms with Gasteiger partial charge in [-0.1, -0.05) is 33.8 Å². The summed E-state index contributed by atoms with van der Waals surface area (Å²) >= 11 is 0. The lowest BCUT2D eigenvalue weighted by Gasteiger charge is -2.58. The summed E-state index contributed by atoms with van der Waals surface area (Å²) in [5.74, 6) is -1.77. The number of amides is 1. The Hall–Kier alpha value is -2.72. The molecular formula is C29H36F6N2O3. The Morgan fingerprint density at radius 2 is 1.73 bits per heavy atom. The minimum Gasteiger partial charge on any atom is -0.403 e. The molecule has 222 valence electrons. The standard InChI is InChI=1S/C27H30F6N2O3.C2H6/c1-24-11-9-17-15(13-34-21-12-14(36)8-10-25(17,21)2)16(24)6-7-19(24)23(37)35-20-5-3-4-18(26(28,29)30)22(20)38-27(31,32)33;1-2/h3-5,12,15-17,19,34H,6-11,13H2,1-2H3,(H,35,37);1-2H3. The molecule has 0 spiro atoms. The number of hydrogen-bond acceptors (Lipinski definition) is 4. The summed E-state index contributed by atoms with van der Waals surface area (Å²) < 4.78 is 83.2. The molecule has 1 aromatic rings. The monoisotopic (exact) mass is 574 g/mol. The highest BCUT2D eigenvalue weighted by molar-refractivity contribution is 5.95. The summed E-state index contributed by atoms with van der Waals surface area (Å²) in [6.45, 7) is 8.88. The molecule has 5 nitrogen and oxygen atoms in total. The van der Waals surface area contributed by atoms with E-state index < -0.39 is 46.8 Å². The first-order valence-corrected chi connectivity index (χ1v) is 13.9. The van der Waals surface area contributed by atoms with Crippen LogP contribution in [0.15, 0.2) is 30.0 Å². The predicted octanol–water partition coefficient (Wildman–Crippen LogP) is 7.48. The van der Waals surface area contributed by atoms with Gasteiger partial charge in [0.15, 0.2) is 11.5 Å². The van der Waals surface area contributed by atoms with Gasteiger partial charge in [-0.05, 0) is 67.4 Å². The molecule has 5 rings (SSSR count). The summed E-state index contributed by atoms with van der Waals surface area (Å²) in [7, 11) is 0. The molecule has 1 saturated heterocycles. The number of rotatable bonds is 3. The van der Waals surface area contributed by atoms with Gasteiger partial charge in [0.25, 0.3) is 0 Å². The molecule has 2 saturated carbocycles. The molecule has 6 unspecified atom stereocenters. The Bertz CT molecular complexity index is 1180. The third-order valence-electron chi connectivity index (χ3n) is 9.71. The van der Waals surface area contributed by atoms with E-state index >= 15 is 0 Å². The zero-order chi connectivity index (χ0) is 29.7. The molecule has 0 aromatic heterocycles. The first-order chi connectivity index (χ1) is 18.6. The van der Waals surface area contributed by atoms with Crippen LogP contribution in [0.5, 0.6) is 5.75 Å². The molecule has 40 heavy (non-hydrogen) atoms. The van der Waals surface area contributed by atoms with Crippen molar-refractivity contribution in [1.82, 2.24) is 5.32 Å². The number of hydrogen-bond donors (Lipinski definition) is 2. The van der Waals surface area contributed by atoms with Gasteiger partial charge in [-0.15, -0.1) is 13.2 Å². The SMILES string of the molecule is CC.CC12CCC(=O)C=C1NCC1C2CCC2(C)C(C(=O)Nc3cccc(C(F)(F)F)c3OC(F)(F)F)CCC12. The molecule has 11 heteroatoms. The first-order valence-electron chi connectivity index (χ1n) is 13.9. The van der Waals surface area contributed by atoms with Crippen molar-refractivity contribution in [1.29, 1.82) is 0 Å². The van der Waals surface area contributed by atoms with Crippen LogP contribution >= 0.6 is 0 Å². The van der Waals surface area contributed by atoms with E-state index in [4.69, 9.17) is 0 Å². The molecule has 3 fully saturated rings. The lowest BCUT2D eigenvalue weighted by molar-refractivity contribution is -0.276. The fourth-order valence-electron chi connectivity index (χ4n) is 7.88. The van der Waals surface area contributed by atoms with E-state index in [0.717, 1.165) is 37.1 Å². The van der Waals surface area contributed by atoms with Crippen molar-refractivity contribution in [2.24, 2.45) is 34.5 Å². The summed E-state index contributed by atoms with van der Waals surface area (Å²) in [5, 5.41) is 5.81. The van der Waals surface area contributed by atoms with Crippen molar-refractivity contribution < 1.29 is 40.7 Å². The van der Waals surface area contributed by atoms with Crippen molar-refractivity contribution in [2.45, 2.75) is 78.8 Å². The number of nitrogens with one attached hydrogen (secondary N) is 2. The molecule has 1 aliphatic heterocycles. The van der Waals surface area contributed by atoms with E-state index in [1.54, 1.807) is 6.08 Å². The van der Waals surface area contributed by atoms with Crippen LogP contribution in [0.1, 0.15) is 71.8 Å². The van der Waals surface area contributed by atoms with Crippen molar-refractivity contribution >= 4 is 17.4 Å². The average molecular weight is 575 g/mol. The van der Waals surface area contributed by atoms with Gasteiger partial charge in [0.2, 0.25) is 5.91 Å². The number of alkyl halides is 6. The molecule has 0 radical (unpaired) electrons. The number of allylic oxidation sites excluding steroid dienone is 2. The largest absolute Gasteiger partial charge is 0.573 e. The van der Waals surface area contributed by atoms with E-state index in [1.165, 1.54) is 0 Å². The highest BCUT2D eigenvalue weighted by Gasteiger charge is 2.60. The maximum Gasteiger partial charge on any atom is 0.573 e. The third-order valence-corrected chi connectivity index (χ3v) is 9.71. The lowest BCUT2D eigenvalue weighted by atomic mass is 9.50. The molecule has 1 heterocycles. The Morgan fingerprint density at radius 3 is 2.38 bits per heavy atom. The van der Waals surface area contributed by atoms with Crippen LogP contribution in [-0.4, -0.2) is 24.6 Å². The molecule has 2 N–H and O–H groups in total. The predicted molar refractivity (Wildman–Crippen MR) is 137 cm³/mol. The van der Waals surface area contributed by atoms with Crippen LogP contribution < -0.4 is 15.4 Å². The fraction of sp³-hybridized carbons (Fsp3) is 0.655. The van der Waals surface area contributed by atoms with Gasteiger partial charge in [-0.3, -0.25) is 9.59 Å². The first kappa shape index (κ1) is 30.2. The second kappa shape index (κ2) is 10.6. The lowest BCUT2D eigenvalue weighted by Crippen LogP contribution is -2.57. The number of carbonyl (C=O) groups is 2. The number of anilines is 1. The number of carbonyl (C=O) groups excluding carboxylic acids is 2. The van der Waals surface area contributed by atoms with Gasteiger partial charge < -0.3 is 15.4 Å². The van der Waals surface area contributed by atoms with E-state index in [1.807, 2.05) is 20.8 Å². The highest BCUT2D eigenvalue weighted by atomic mass is 19.4. The number of para-hydroxylation sites is 1. The van der Waals surface area contributed by atoms with Gasteiger partial charge in [-0.2, -0.15) is 13.2 Å². The maximum absolute atomic E-state index is 13.5. The Labute approximate surface area is 230 Å². The minimum atomic E-state index is -5.37. The molecule has 3 aliphatic carbocycles. The molecule has 1 amide bonds. The molecular weight excluding hydrogens is 538 g/mol. The van der Waals surface area contributed by atoms with Crippen LogP contribution in [-0.2, 0) is 15.8 Å². The quantitative estimate of drug-likeness (QED) is 0.367. The number of ether oxygens (including phenoxy) is 1. The van der Waals surface area contributed by atoms with E-state index in [0.29, 0.717) is 37.8 Å². The van der Waals surface area contributed by atoms with Crippen LogP contribution in [0.25, 0.3) is 0 Å². The van der Waals surface area contributed by atoms with Crippen LogP contribution in [0.4, 0.5) is 32.0 Å². The number of piperidine rings is 1. The fourth-order valence-corrected chi connectivity index (χ4v) is 7.88. The van der Waals surface area contributed by atoms with Crippen LogP contribution in [0, 0.1) is 34.5 Å². The zero-order valence-electron chi connectivity index (χ0n) is 23.1. The van der Waals surface area contributed by atoms with E-state index in [9.17, 15) is 35.9 Å². The second-order valence-electron chi connectivity index (χ2n) is 11.6. The van der Waals surface area contributed by atoms with Crippen molar-refractivity contribution in [3.8, 4) is 5.75 Å². The number of halogens is 6. The Balaban J connectivity index is 0.00000181. The average Bonchev–Trinajstić information content (AvgIpc) is 3.22. The van der Waals surface area contributed by atoms with Crippen molar-refractivity contribution in [3.63, 3.8) is 0 Å². The molecule has 4 aliphatic rings. The van der Waals surface area contributed by atoms with E-state index in [2.05, 4.69) is 22.3 Å². The van der Waals surface area contributed by atoms with Crippen LogP contribution in [0.2, 0.25) is 0 Å².